The molecule has 0 atom stereocenters. The lowest BCUT2D eigenvalue weighted by atomic mass is 10.1. The Kier molecular flexibility index (Phi) is 5.92. The lowest BCUT2D eigenvalue weighted by Gasteiger charge is -2.07. The standard InChI is InChI=1S/C19H22N2O2/c1-3-4-13-20-18(22)15-7-9-16(10-8-15)19(23)21-17-11-5-14(2)6-12-17/h5-12H,3-4,13H2,1-2H3,(H,20,22)(H,21,23). The Hall–Kier alpha value is -2.62. The Morgan fingerprint density at radius 1 is 0.870 bits per heavy atom. The molecule has 0 unspecified atom stereocenters. The first kappa shape index (κ1) is 16.7. The second-order valence-corrected chi connectivity index (χ2v) is 5.51. The summed E-state index contributed by atoms with van der Waals surface area (Å²) in [7, 11) is 0. The van der Waals surface area contributed by atoms with Gasteiger partial charge in [-0.2, -0.15) is 0 Å². The van der Waals surface area contributed by atoms with Gasteiger partial charge in [-0.3, -0.25) is 9.59 Å². The molecule has 0 spiro atoms. The zero-order valence-electron chi connectivity index (χ0n) is 13.6. The van der Waals surface area contributed by atoms with E-state index in [-0.39, 0.29) is 11.8 Å². The van der Waals surface area contributed by atoms with Crippen molar-refractivity contribution in [3.63, 3.8) is 0 Å². The van der Waals surface area contributed by atoms with E-state index in [1.165, 1.54) is 0 Å². The Balaban J connectivity index is 1.97. The summed E-state index contributed by atoms with van der Waals surface area (Å²) in [5, 5.41) is 5.69. The number of amides is 2. The number of carbonyl (C=O) groups is 2. The third-order valence-electron chi connectivity index (χ3n) is 3.53. The molecule has 0 saturated heterocycles. The molecular weight excluding hydrogens is 288 g/mol. The number of carbonyl (C=O) groups excluding carboxylic acids is 2. The van der Waals surface area contributed by atoms with E-state index < -0.39 is 0 Å². The van der Waals surface area contributed by atoms with Crippen molar-refractivity contribution in [2.45, 2.75) is 26.7 Å². The molecule has 23 heavy (non-hydrogen) atoms. The SMILES string of the molecule is CCCCNC(=O)c1ccc(C(=O)Nc2ccc(C)cc2)cc1. The van der Waals surface area contributed by atoms with Crippen molar-refractivity contribution in [1.29, 1.82) is 0 Å². The first-order valence-electron chi connectivity index (χ1n) is 7.86. The Bertz CT molecular complexity index is 661. The van der Waals surface area contributed by atoms with Crippen LogP contribution in [0.25, 0.3) is 0 Å². The first-order valence-corrected chi connectivity index (χ1v) is 7.86. The van der Waals surface area contributed by atoms with E-state index in [0.29, 0.717) is 17.7 Å². The minimum atomic E-state index is -0.188. The average Bonchev–Trinajstić information content (AvgIpc) is 2.57. The largest absolute Gasteiger partial charge is 0.352 e. The van der Waals surface area contributed by atoms with Gasteiger partial charge in [0.05, 0.1) is 0 Å². The summed E-state index contributed by atoms with van der Waals surface area (Å²) in [5.41, 5.74) is 2.98. The number of anilines is 1. The zero-order valence-corrected chi connectivity index (χ0v) is 13.6. The summed E-state index contributed by atoms with van der Waals surface area (Å²) >= 11 is 0. The first-order chi connectivity index (χ1) is 11.1. The van der Waals surface area contributed by atoms with E-state index >= 15 is 0 Å². The van der Waals surface area contributed by atoms with E-state index in [1.54, 1.807) is 24.3 Å². The van der Waals surface area contributed by atoms with Crippen LogP contribution in [-0.2, 0) is 0 Å². The van der Waals surface area contributed by atoms with Gasteiger partial charge in [-0.15, -0.1) is 0 Å². The second-order valence-electron chi connectivity index (χ2n) is 5.51. The van der Waals surface area contributed by atoms with Crippen molar-refractivity contribution in [1.82, 2.24) is 5.32 Å². The summed E-state index contributed by atoms with van der Waals surface area (Å²) in [4.78, 5) is 24.1. The molecule has 2 rings (SSSR count). The minimum absolute atomic E-state index is 0.107. The number of aryl methyl sites for hydroxylation is 1. The highest BCUT2D eigenvalue weighted by atomic mass is 16.2. The van der Waals surface area contributed by atoms with Crippen LogP contribution in [0.5, 0.6) is 0 Å². The number of nitrogens with one attached hydrogen (secondary N) is 2. The lowest BCUT2D eigenvalue weighted by Crippen LogP contribution is -2.24. The summed E-state index contributed by atoms with van der Waals surface area (Å²) in [6.07, 6.45) is 2.00. The highest BCUT2D eigenvalue weighted by Crippen LogP contribution is 2.11. The molecule has 120 valence electrons. The average molecular weight is 310 g/mol. The third kappa shape index (κ3) is 4.95. The summed E-state index contributed by atoms with van der Waals surface area (Å²) < 4.78 is 0. The predicted molar refractivity (Wildman–Crippen MR) is 92.8 cm³/mol. The Morgan fingerprint density at radius 3 is 2.00 bits per heavy atom. The van der Waals surface area contributed by atoms with Gasteiger partial charge in [-0.1, -0.05) is 31.0 Å². The molecule has 0 aromatic heterocycles. The maximum absolute atomic E-state index is 12.2. The van der Waals surface area contributed by atoms with Gasteiger partial charge in [0.25, 0.3) is 11.8 Å². The molecule has 0 saturated carbocycles. The topological polar surface area (TPSA) is 58.2 Å². The molecule has 4 heteroatoms. The van der Waals surface area contributed by atoms with Crippen LogP contribution in [0.3, 0.4) is 0 Å². The highest BCUT2D eigenvalue weighted by Gasteiger charge is 2.09. The van der Waals surface area contributed by atoms with E-state index in [4.69, 9.17) is 0 Å². The van der Waals surface area contributed by atoms with Crippen LogP contribution >= 0.6 is 0 Å². The molecule has 2 aromatic carbocycles. The molecular formula is C19H22N2O2. The van der Waals surface area contributed by atoms with Gasteiger partial charge >= 0.3 is 0 Å². The van der Waals surface area contributed by atoms with Crippen molar-refractivity contribution < 1.29 is 9.59 Å². The van der Waals surface area contributed by atoms with Crippen LogP contribution in [-0.4, -0.2) is 18.4 Å². The fourth-order valence-electron chi connectivity index (χ4n) is 2.09. The van der Waals surface area contributed by atoms with Gasteiger partial charge in [-0.25, -0.2) is 0 Å². The Labute approximate surface area is 136 Å². The van der Waals surface area contributed by atoms with E-state index in [1.807, 2.05) is 31.2 Å². The molecule has 0 aliphatic carbocycles. The lowest BCUT2D eigenvalue weighted by molar-refractivity contribution is 0.0951. The Morgan fingerprint density at radius 2 is 1.43 bits per heavy atom. The van der Waals surface area contributed by atoms with Crippen molar-refractivity contribution in [2.75, 3.05) is 11.9 Å². The van der Waals surface area contributed by atoms with Crippen LogP contribution < -0.4 is 10.6 Å². The molecule has 0 bridgehead atoms. The minimum Gasteiger partial charge on any atom is -0.352 e. The van der Waals surface area contributed by atoms with Gasteiger partial charge < -0.3 is 10.6 Å². The molecule has 0 aliphatic heterocycles. The summed E-state index contributed by atoms with van der Waals surface area (Å²) in [6, 6.07) is 14.3. The molecule has 0 radical (unpaired) electrons. The quantitative estimate of drug-likeness (QED) is 0.798. The fourth-order valence-corrected chi connectivity index (χ4v) is 2.09. The smallest absolute Gasteiger partial charge is 0.255 e. The van der Waals surface area contributed by atoms with Gasteiger partial charge in [-0.05, 0) is 49.7 Å². The van der Waals surface area contributed by atoms with Crippen LogP contribution in [0.4, 0.5) is 5.69 Å². The van der Waals surface area contributed by atoms with Crippen LogP contribution in [0.1, 0.15) is 46.0 Å². The van der Waals surface area contributed by atoms with Gasteiger partial charge in [0.2, 0.25) is 0 Å². The van der Waals surface area contributed by atoms with Gasteiger partial charge in [0, 0.05) is 23.4 Å². The fraction of sp³-hybridized carbons (Fsp3) is 0.263. The summed E-state index contributed by atoms with van der Waals surface area (Å²) in [6.45, 7) is 4.74. The van der Waals surface area contributed by atoms with Crippen LogP contribution in [0, 0.1) is 6.92 Å². The molecule has 4 nitrogen and oxygen atoms in total. The normalized spacial score (nSPS) is 10.2. The third-order valence-corrected chi connectivity index (χ3v) is 3.53. The maximum atomic E-state index is 12.2. The van der Waals surface area contributed by atoms with E-state index in [9.17, 15) is 9.59 Å². The molecule has 0 fully saturated rings. The van der Waals surface area contributed by atoms with Crippen LogP contribution in [0.15, 0.2) is 48.5 Å². The predicted octanol–water partition coefficient (Wildman–Crippen LogP) is 3.78. The monoisotopic (exact) mass is 310 g/mol. The number of benzene rings is 2. The van der Waals surface area contributed by atoms with Crippen LogP contribution in [0.2, 0.25) is 0 Å². The molecule has 2 aromatic rings. The maximum Gasteiger partial charge on any atom is 0.255 e. The van der Waals surface area contributed by atoms with Crippen molar-refractivity contribution in [3.8, 4) is 0 Å². The summed E-state index contributed by atoms with van der Waals surface area (Å²) in [5.74, 6) is -0.296. The molecule has 0 heterocycles. The van der Waals surface area contributed by atoms with E-state index in [2.05, 4.69) is 17.6 Å². The number of unbranched alkanes of at least 4 members (excludes halogenated alkanes) is 1. The molecule has 2 amide bonds. The van der Waals surface area contributed by atoms with Crippen molar-refractivity contribution in [3.05, 3.63) is 65.2 Å². The van der Waals surface area contributed by atoms with E-state index in [0.717, 1.165) is 24.1 Å². The molecule has 2 N–H and O–H groups in total. The number of hydrogen-bond acceptors (Lipinski definition) is 2. The van der Waals surface area contributed by atoms with Gasteiger partial charge in [0.15, 0.2) is 0 Å². The number of rotatable bonds is 6. The van der Waals surface area contributed by atoms with Crippen molar-refractivity contribution in [2.24, 2.45) is 0 Å². The highest BCUT2D eigenvalue weighted by molar-refractivity contribution is 6.05. The zero-order chi connectivity index (χ0) is 16.7. The number of hydrogen-bond donors (Lipinski definition) is 2. The van der Waals surface area contributed by atoms with Gasteiger partial charge in [0.1, 0.15) is 0 Å². The molecule has 0 aliphatic rings. The van der Waals surface area contributed by atoms with Crippen molar-refractivity contribution >= 4 is 17.5 Å². The second kappa shape index (κ2) is 8.13.